The fraction of sp³-hybridized carbons (Fsp3) is 0.286. The minimum absolute atomic E-state index is 0.305. The number of fused-ring (bicyclic) bond motifs is 1. The average Bonchev–Trinajstić information content (AvgIpc) is 2.80. The lowest BCUT2D eigenvalue weighted by molar-refractivity contribution is 0.0687. The molecule has 0 aliphatic heterocycles. The molecule has 0 spiro atoms. The summed E-state index contributed by atoms with van der Waals surface area (Å²) in [6, 6.07) is 5.94. The number of hydrogen-bond acceptors (Lipinski definition) is 3. The number of aromatic hydroxyl groups is 1. The van der Waals surface area contributed by atoms with Crippen LogP contribution in [0.25, 0.3) is 5.69 Å². The summed E-state index contributed by atoms with van der Waals surface area (Å²) in [5, 5.41) is 22.5. The van der Waals surface area contributed by atoms with E-state index in [9.17, 15) is 9.90 Å². The van der Waals surface area contributed by atoms with E-state index < -0.39 is 5.97 Å². The van der Waals surface area contributed by atoms with Gasteiger partial charge in [0.25, 0.3) is 0 Å². The van der Waals surface area contributed by atoms with Crippen molar-refractivity contribution in [3.63, 3.8) is 0 Å². The lowest BCUT2D eigenvalue weighted by Crippen LogP contribution is -2.09. The van der Waals surface area contributed by atoms with Gasteiger partial charge in [-0.05, 0) is 42.9 Å². The summed E-state index contributed by atoms with van der Waals surface area (Å²) < 4.78 is 1.46. The highest BCUT2D eigenvalue weighted by atomic mass is 16.4. The third-order valence-electron chi connectivity index (χ3n) is 3.52. The van der Waals surface area contributed by atoms with Crippen molar-refractivity contribution in [3.05, 3.63) is 41.2 Å². The molecule has 2 N–H and O–H groups in total. The van der Waals surface area contributed by atoms with Gasteiger partial charge in [-0.3, -0.25) is 0 Å². The van der Waals surface area contributed by atoms with Gasteiger partial charge in [-0.1, -0.05) is 12.1 Å². The molecule has 0 amide bonds. The van der Waals surface area contributed by atoms with E-state index in [4.69, 9.17) is 5.11 Å². The molecule has 0 atom stereocenters. The number of hydrogen-bond donors (Lipinski definition) is 2. The minimum Gasteiger partial charge on any atom is -0.504 e. The van der Waals surface area contributed by atoms with E-state index in [2.05, 4.69) is 11.2 Å². The van der Waals surface area contributed by atoms with E-state index in [-0.39, 0.29) is 11.4 Å². The molecule has 0 unspecified atom stereocenters. The number of aryl methyl sites for hydroxylation is 1. The second kappa shape index (κ2) is 4.42. The van der Waals surface area contributed by atoms with Crippen LogP contribution in [0.1, 0.15) is 34.5 Å². The van der Waals surface area contributed by atoms with Crippen LogP contribution in [-0.2, 0) is 12.8 Å². The van der Waals surface area contributed by atoms with Crippen molar-refractivity contribution in [2.75, 3.05) is 0 Å². The molecule has 5 heteroatoms. The lowest BCUT2D eigenvalue weighted by atomic mass is 9.90. The summed E-state index contributed by atoms with van der Waals surface area (Å²) in [6.45, 7) is 0. The first-order chi connectivity index (χ1) is 9.16. The predicted molar refractivity (Wildman–Crippen MR) is 68.8 cm³/mol. The van der Waals surface area contributed by atoms with Crippen LogP contribution in [-0.4, -0.2) is 26.0 Å². The number of aromatic carboxylic acids is 1. The van der Waals surface area contributed by atoms with Crippen LogP contribution < -0.4 is 0 Å². The van der Waals surface area contributed by atoms with Gasteiger partial charge >= 0.3 is 5.97 Å². The van der Waals surface area contributed by atoms with Crippen molar-refractivity contribution in [1.82, 2.24) is 9.78 Å². The summed E-state index contributed by atoms with van der Waals surface area (Å²) in [4.78, 5) is 10.9. The molecule has 0 saturated carbocycles. The van der Waals surface area contributed by atoms with E-state index >= 15 is 0 Å². The summed E-state index contributed by atoms with van der Waals surface area (Å²) in [5.74, 6) is -1.53. The highest BCUT2D eigenvalue weighted by Gasteiger charge is 2.19. The van der Waals surface area contributed by atoms with E-state index in [1.165, 1.54) is 28.4 Å². The summed E-state index contributed by atoms with van der Waals surface area (Å²) >= 11 is 0. The first-order valence-corrected chi connectivity index (χ1v) is 6.30. The Kier molecular flexibility index (Phi) is 2.74. The van der Waals surface area contributed by atoms with Crippen LogP contribution in [0, 0.1) is 0 Å². The van der Waals surface area contributed by atoms with Crippen molar-refractivity contribution in [3.8, 4) is 11.4 Å². The van der Waals surface area contributed by atoms with Crippen molar-refractivity contribution < 1.29 is 15.0 Å². The molecular weight excluding hydrogens is 244 g/mol. The Morgan fingerprint density at radius 3 is 2.79 bits per heavy atom. The zero-order valence-electron chi connectivity index (χ0n) is 10.3. The maximum atomic E-state index is 10.9. The topological polar surface area (TPSA) is 75.3 Å². The normalized spacial score (nSPS) is 14.1. The molecule has 98 valence electrons. The van der Waals surface area contributed by atoms with Gasteiger partial charge in [-0.25, -0.2) is 9.48 Å². The quantitative estimate of drug-likeness (QED) is 0.865. The number of carbonyl (C=O) groups is 1. The molecule has 1 aromatic heterocycles. The van der Waals surface area contributed by atoms with Gasteiger partial charge in [0.05, 0.1) is 11.9 Å². The van der Waals surface area contributed by atoms with Crippen molar-refractivity contribution in [1.29, 1.82) is 0 Å². The smallest absolute Gasteiger partial charge is 0.360 e. The third kappa shape index (κ3) is 1.97. The molecule has 0 bridgehead atoms. The fourth-order valence-corrected chi connectivity index (χ4v) is 2.62. The van der Waals surface area contributed by atoms with Gasteiger partial charge in [0.2, 0.25) is 5.69 Å². The number of benzene rings is 1. The van der Waals surface area contributed by atoms with Crippen molar-refractivity contribution in [2.24, 2.45) is 0 Å². The summed E-state index contributed by atoms with van der Waals surface area (Å²) in [5.41, 5.74) is 3.04. The lowest BCUT2D eigenvalue weighted by Gasteiger charge is -2.18. The van der Waals surface area contributed by atoms with Gasteiger partial charge in [0, 0.05) is 0 Å². The van der Waals surface area contributed by atoms with Crippen LogP contribution in [0.5, 0.6) is 5.75 Å². The van der Waals surface area contributed by atoms with E-state index in [0.29, 0.717) is 0 Å². The zero-order chi connectivity index (χ0) is 13.4. The molecule has 19 heavy (non-hydrogen) atoms. The highest BCUT2D eigenvalue weighted by molar-refractivity contribution is 5.88. The second-order valence-electron chi connectivity index (χ2n) is 4.73. The van der Waals surface area contributed by atoms with Crippen molar-refractivity contribution in [2.45, 2.75) is 25.7 Å². The Balaban J connectivity index is 2.12. The zero-order valence-corrected chi connectivity index (χ0v) is 10.3. The summed E-state index contributed by atoms with van der Waals surface area (Å²) in [7, 11) is 0. The van der Waals surface area contributed by atoms with Crippen LogP contribution in [0.2, 0.25) is 0 Å². The molecule has 0 saturated heterocycles. The fourth-order valence-electron chi connectivity index (χ4n) is 2.62. The van der Waals surface area contributed by atoms with Crippen LogP contribution in [0.15, 0.2) is 24.4 Å². The van der Waals surface area contributed by atoms with Gasteiger partial charge in [-0.15, -0.1) is 0 Å². The Morgan fingerprint density at radius 2 is 2.05 bits per heavy atom. The number of rotatable bonds is 2. The SMILES string of the molecule is O=C(O)c1nn(-c2cccc3c2CCCC3)cc1O. The minimum atomic E-state index is -1.22. The third-order valence-corrected chi connectivity index (χ3v) is 3.52. The molecule has 3 rings (SSSR count). The average molecular weight is 258 g/mol. The Labute approximate surface area is 110 Å². The first-order valence-electron chi connectivity index (χ1n) is 6.30. The van der Waals surface area contributed by atoms with Crippen LogP contribution in [0.3, 0.4) is 0 Å². The number of aromatic nitrogens is 2. The maximum absolute atomic E-state index is 10.9. The van der Waals surface area contributed by atoms with E-state index in [0.717, 1.165) is 24.9 Å². The molecular formula is C14H14N2O3. The molecule has 0 fully saturated rings. The van der Waals surface area contributed by atoms with Gasteiger partial charge in [0.15, 0.2) is 5.75 Å². The van der Waals surface area contributed by atoms with Gasteiger partial charge in [0.1, 0.15) is 0 Å². The Hall–Kier alpha value is -2.30. The molecule has 0 radical (unpaired) electrons. The number of nitrogens with zero attached hydrogens (tertiary/aromatic N) is 2. The molecule has 1 aliphatic carbocycles. The molecule has 1 aliphatic rings. The Bertz CT molecular complexity index is 646. The Morgan fingerprint density at radius 1 is 1.26 bits per heavy atom. The molecule has 5 nitrogen and oxygen atoms in total. The van der Waals surface area contributed by atoms with Crippen molar-refractivity contribution >= 4 is 5.97 Å². The maximum Gasteiger partial charge on any atom is 0.360 e. The number of carboxylic acid groups (broad SMARTS) is 1. The number of carboxylic acids is 1. The summed E-state index contributed by atoms with van der Waals surface area (Å²) in [6.07, 6.45) is 5.68. The molecule has 2 aromatic rings. The predicted octanol–water partition coefficient (Wildman–Crippen LogP) is 2.15. The second-order valence-corrected chi connectivity index (χ2v) is 4.73. The van der Waals surface area contributed by atoms with Gasteiger partial charge in [-0.2, -0.15) is 5.10 Å². The largest absolute Gasteiger partial charge is 0.504 e. The highest BCUT2D eigenvalue weighted by Crippen LogP contribution is 2.28. The van der Waals surface area contributed by atoms with Crippen LogP contribution in [0.4, 0.5) is 0 Å². The molecule has 1 heterocycles. The first kappa shape index (κ1) is 11.8. The standard InChI is InChI=1S/C14H14N2O3/c17-12-8-16(15-13(12)14(18)19)11-7-3-5-9-4-1-2-6-10(9)11/h3,5,7-8,17H,1-2,4,6H2,(H,18,19). The van der Waals surface area contributed by atoms with Crippen LogP contribution >= 0.6 is 0 Å². The molecule has 1 aromatic carbocycles. The monoisotopic (exact) mass is 258 g/mol. The van der Waals surface area contributed by atoms with E-state index in [1.54, 1.807) is 0 Å². The van der Waals surface area contributed by atoms with Gasteiger partial charge < -0.3 is 10.2 Å². The van der Waals surface area contributed by atoms with E-state index in [1.807, 2.05) is 12.1 Å².